The van der Waals surface area contributed by atoms with Gasteiger partial charge in [-0.15, -0.1) is 0 Å². The van der Waals surface area contributed by atoms with Gasteiger partial charge in [0.25, 0.3) is 10.0 Å². The number of nitrogens with one attached hydrogen (secondary N) is 2. The summed E-state index contributed by atoms with van der Waals surface area (Å²) in [6.07, 6.45) is 0. The minimum absolute atomic E-state index is 0.0251. The second-order valence-corrected chi connectivity index (χ2v) is 8.56. The molecule has 0 aliphatic rings. The molecule has 1 radical (unpaired) electrons. The van der Waals surface area contributed by atoms with E-state index < -0.39 is 16.0 Å². The van der Waals surface area contributed by atoms with E-state index in [1.54, 1.807) is 48.5 Å². The lowest BCUT2D eigenvalue weighted by Crippen LogP contribution is -2.17. The summed E-state index contributed by atoms with van der Waals surface area (Å²) in [5, 5.41) is 12.1. The quantitative estimate of drug-likeness (QED) is 0.374. The number of para-hydroxylation sites is 2. The van der Waals surface area contributed by atoms with Crippen LogP contribution in [0.4, 0.5) is 17.3 Å². The lowest BCUT2D eigenvalue weighted by molar-refractivity contribution is 0.0697. The van der Waals surface area contributed by atoms with Gasteiger partial charge in [-0.2, -0.15) is 0 Å². The number of aromatic carboxylic acids is 1. The predicted molar refractivity (Wildman–Crippen MR) is 125 cm³/mol. The first kappa shape index (κ1) is 21.3. The minimum atomic E-state index is -3.92. The molecule has 4 rings (SSSR count). The summed E-state index contributed by atoms with van der Waals surface area (Å²) in [6.45, 7) is 1.87. The first-order valence-electron chi connectivity index (χ1n) is 9.65. The fraction of sp³-hybridized carbons (Fsp3) is 0.0455. The Balaban J connectivity index is 1.72. The van der Waals surface area contributed by atoms with Crippen molar-refractivity contribution in [3.63, 3.8) is 0 Å². The molecule has 159 valence electrons. The number of carboxylic acid groups (broad SMARTS) is 1. The molecule has 0 bridgehead atoms. The number of carbonyl (C=O) groups is 1. The standard InChI is InChI=1S/C22H18BN4O4S/c1-23-15-8-12-17(13-9-15)32(30,31)27-21-20(25-18-4-2-3-5-19(18)26-21)24-16-10-6-14(7-11-16)22(28)29/h2-13H,1H3,(H,24,25)(H,26,27)(H,28,29). The van der Waals surface area contributed by atoms with Crippen molar-refractivity contribution in [2.24, 2.45) is 0 Å². The van der Waals surface area contributed by atoms with Gasteiger partial charge in [0.15, 0.2) is 11.6 Å². The molecule has 0 atom stereocenters. The van der Waals surface area contributed by atoms with Crippen molar-refractivity contribution in [3.8, 4) is 0 Å². The van der Waals surface area contributed by atoms with Crippen LogP contribution in [0.3, 0.4) is 0 Å². The zero-order valence-corrected chi connectivity index (χ0v) is 17.8. The number of benzene rings is 3. The van der Waals surface area contributed by atoms with Crippen molar-refractivity contribution >= 4 is 57.1 Å². The van der Waals surface area contributed by atoms with Gasteiger partial charge in [-0.1, -0.05) is 36.6 Å². The van der Waals surface area contributed by atoms with Gasteiger partial charge in [-0.3, -0.25) is 4.72 Å². The van der Waals surface area contributed by atoms with E-state index in [1.165, 1.54) is 24.3 Å². The van der Waals surface area contributed by atoms with Crippen LogP contribution in [0.5, 0.6) is 0 Å². The van der Waals surface area contributed by atoms with Crippen molar-refractivity contribution < 1.29 is 18.3 Å². The van der Waals surface area contributed by atoms with Crippen LogP contribution in [0, 0.1) is 0 Å². The zero-order valence-electron chi connectivity index (χ0n) is 17.0. The highest BCUT2D eigenvalue weighted by molar-refractivity contribution is 7.92. The third kappa shape index (κ3) is 4.55. The Kier molecular flexibility index (Phi) is 5.78. The fourth-order valence-electron chi connectivity index (χ4n) is 3.02. The van der Waals surface area contributed by atoms with Crippen LogP contribution in [-0.2, 0) is 10.0 Å². The molecule has 4 aromatic rings. The number of carboxylic acids is 1. The lowest BCUT2D eigenvalue weighted by atomic mass is 9.74. The number of hydrogen-bond acceptors (Lipinski definition) is 6. The van der Waals surface area contributed by atoms with E-state index in [-0.39, 0.29) is 22.1 Å². The second kappa shape index (κ2) is 8.68. The van der Waals surface area contributed by atoms with Gasteiger partial charge < -0.3 is 10.4 Å². The molecule has 0 aliphatic carbocycles. The zero-order chi connectivity index (χ0) is 22.7. The number of sulfonamides is 1. The molecular formula is C22H18BN4O4S. The molecule has 3 aromatic carbocycles. The van der Waals surface area contributed by atoms with Crippen LogP contribution < -0.4 is 15.5 Å². The van der Waals surface area contributed by atoms with E-state index in [0.717, 1.165) is 5.46 Å². The van der Waals surface area contributed by atoms with Crippen LogP contribution in [-0.4, -0.2) is 36.7 Å². The summed E-state index contributed by atoms with van der Waals surface area (Å²) < 4.78 is 28.5. The topological polar surface area (TPSA) is 121 Å². The van der Waals surface area contributed by atoms with Crippen LogP contribution in [0.2, 0.25) is 6.82 Å². The summed E-state index contributed by atoms with van der Waals surface area (Å²) >= 11 is 0. The predicted octanol–water partition coefficient (Wildman–Crippen LogP) is 3.25. The maximum absolute atomic E-state index is 13.0. The first-order valence-corrected chi connectivity index (χ1v) is 11.1. The highest BCUT2D eigenvalue weighted by Gasteiger charge is 2.19. The minimum Gasteiger partial charge on any atom is -0.478 e. The number of aromatic nitrogens is 2. The summed E-state index contributed by atoms with van der Waals surface area (Å²) in [5.74, 6) is -0.826. The van der Waals surface area contributed by atoms with Gasteiger partial charge in [-0.25, -0.2) is 23.2 Å². The highest BCUT2D eigenvalue weighted by Crippen LogP contribution is 2.27. The van der Waals surface area contributed by atoms with Crippen molar-refractivity contribution in [3.05, 3.63) is 78.4 Å². The van der Waals surface area contributed by atoms with Crippen LogP contribution in [0.25, 0.3) is 11.0 Å². The lowest BCUT2D eigenvalue weighted by Gasteiger charge is -2.14. The molecule has 0 saturated carbocycles. The van der Waals surface area contributed by atoms with Gasteiger partial charge in [0.05, 0.1) is 21.5 Å². The third-order valence-corrected chi connectivity index (χ3v) is 6.07. The molecule has 8 nitrogen and oxygen atoms in total. The average molecular weight is 445 g/mol. The molecule has 0 unspecified atom stereocenters. The molecule has 0 aliphatic heterocycles. The fourth-order valence-corrected chi connectivity index (χ4v) is 4.03. The summed E-state index contributed by atoms with van der Waals surface area (Å²) in [4.78, 5) is 20.1. The smallest absolute Gasteiger partial charge is 0.335 e. The maximum atomic E-state index is 13.0. The van der Waals surface area contributed by atoms with Crippen molar-refractivity contribution in [2.45, 2.75) is 11.7 Å². The van der Waals surface area contributed by atoms with Crippen LogP contribution in [0.1, 0.15) is 10.4 Å². The van der Waals surface area contributed by atoms with E-state index in [9.17, 15) is 13.2 Å². The molecule has 0 fully saturated rings. The molecule has 10 heteroatoms. The van der Waals surface area contributed by atoms with Crippen LogP contribution >= 0.6 is 0 Å². The Morgan fingerprint density at radius 2 is 1.47 bits per heavy atom. The first-order chi connectivity index (χ1) is 15.4. The summed E-state index contributed by atoms with van der Waals surface area (Å²) in [6, 6.07) is 19.6. The van der Waals surface area contributed by atoms with Gasteiger partial charge in [-0.05, 0) is 48.5 Å². The SMILES string of the molecule is C[B]c1ccc(S(=O)(=O)Nc2nc3ccccc3nc2Nc2ccc(C(=O)O)cc2)cc1. The van der Waals surface area contributed by atoms with Crippen molar-refractivity contribution in [2.75, 3.05) is 10.0 Å². The largest absolute Gasteiger partial charge is 0.478 e. The molecule has 1 heterocycles. The highest BCUT2D eigenvalue weighted by atomic mass is 32.2. The monoisotopic (exact) mass is 445 g/mol. The molecule has 0 amide bonds. The number of anilines is 3. The Morgan fingerprint density at radius 1 is 0.875 bits per heavy atom. The number of rotatable bonds is 7. The van der Waals surface area contributed by atoms with Gasteiger partial charge >= 0.3 is 5.97 Å². The van der Waals surface area contributed by atoms with Gasteiger partial charge in [0.1, 0.15) is 7.28 Å². The van der Waals surface area contributed by atoms with E-state index in [2.05, 4.69) is 20.0 Å². The molecule has 0 spiro atoms. The van der Waals surface area contributed by atoms with E-state index in [0.29, 0.717) is 16.7 Å². The van der Waals surface area contributed by atoms with Crippen molar-refractivity contribution in [1.29, 1.82) is 0 Å². The van der Waals surface area contributed by atoms with Gasteiger partial charge in [0, 0.05) is 5.69 Å². The molecule has 1 aromatic heterocycles. The molecular weight excluding hydrogens is 427 g/mol. The van der Waals surface area contributed by atoms with Crippen LogP contribution in [0.15, 0.2) is 77.7 Å². The number of hydrogen-bond donors (Lipinski definition) is 3. The van der Waals surface area contributed by atoms with Gasteiger partial charge in [0.2, 0.25) is 0 Å². The normalized spacial score (nSPS) is 11.2. The second-order valence-electron chi connectivity index (χ2n) is 6.88. The Morgan fingerprint density at radius 3 is 2.03 bits per heavy atom. The number of fused-ring (bicyclic) bond motifs is 1. The average Bonchev–Trinajstić information content (AvgIpc) is 2.79. The van der Waals surface area contributed by atoms with Crippen molar-refractivity contribution in [1.82, 2.24) is 9.97 Å². The summed E-state index contributed by atoms with van der Waals surface area (Å²) in [5.41, 5.74) is 2.66. The molecule has 32 heavy (non-hydrogen) atoms. The van der Waals surface area contributed by atoms with E-state index in [4.69, 9.17) is 5.11 Å². The summed E-state index contributed by atoms with van der Waals surface area (Å²) in [7, 11) is -2.05. The van der Waals surface area contributed by atoms with E-state index in [1.807, 2.05) is 14.1 Å². The third-order valence-electron chi connectivity index (χ3n) is 4.72. The molecule has 0 saturated heterocycles. The Bertz CT molecular complexity index is 1390. The number of nitrogens with zero attached hydrogens (tertiary/aromatic N) is 2. The maximum Gasteiger partial charge on any atom is 0.335 e. The Hall–Kier alpha value is -3.92. The molecule has 3 N–H and O–H groups in total. The Labute approximate surface area is 185 Å². The van der Waals surface area contributed by atoms with E-state index >= 15 is 0 Å².